The third kappa shape index (κ3) is 3.96. The van der Waals surface area contributed by atoms with Gasteiger partial charge < -0.3 is 4.74 Å². The number of methoxy groups -OCH3 is 1. The Labute approximate surface area is 170 Å². The van der Waals surface area contributed by atoms with E-state index in [-0.39, 0.29) is 11.7 Å². The number of sulfonamides is 1. The van der Waals surface area contributed by atoms with E-state index in [1.165, 1.54) is 13.3 Å². The number of anilines is 1. The third-order valence-electron chi connectivity index (χ3n) is 4.04. The first-order chi connectivity index (χ1) is 13.2. The Morgan fingerprint density at radius 3 is 2.57 bits per heavy atom. The summed E-state index contributed by atoms with van der Waals surface area (Å²) in [6, 6.07) is 6.40. The smallest absolute Gasteiger partial charge is 0.269 e. The van der Waals surface area contributed by atoms with E-state index >= 15 is 0 Å². The largest absolute Gasteiger partial charge is 0.497 e. The zero-order valence-corrected chi connectivity index (χ0v) is 17.2. The molecular formula is C18H15ClF2N2O3S2. The first kappa shape index (κ1) is 20.5. The predicted octanol–water partition coefficient (Wildman–Crippen LogP) is 4.79. The zero-order valence-electron chi connectivity index (χ0n) is 14.8. The van der Waals surface area contributed by atoms with E-state index in [4.69, 9.17) is 16.3 Å². The van der Waals surface area contributed by atoms with Crippen LogP contribution in [-0.4, -0.2) is 20.5 Å². The Kier molecular flexibility index (Phi) is 5.87. The lowest BCUT2D eigenvalue weighted by atomic mass is 10.1. The highest BCUT2D eigenvalue weighted by atomic mass is 35.5. The Morgan fingerprint density at radius 2 is 1.96 bits per heavy atom. The van der Waals surface area contributed by atoms with Crippen molar-refractivity contribution < 1.29 is 21.9 Å². The molecular weight excluding hydrogens is 430 g/mol. The summed E-state index contributed by atoms with van der Waals surface area (Å²) in [6.45, 7) is 1.71. The topological polar surface area (TPSA) is 59.5 Å². The Morgan fingerprint density at radius 1 is 1.21 bits per heavy atom. The highest BCUT2D eigenvalue weighted by Gasteiger charge is 2.31. The van der Waals surface area contributed by atoms with Crippen molar-refractivity contribution in [2.45, 2.75) is 18.4 Å². The number of benzene rings is 2. The van der Waals surface area contributed by atoms with Crippen LogP contribution in [0.5, 0.6) is 5.75 Å². The van der Waals surface area contributed by atoms with Gasteiger partial charge in [-0.1, -0.05) is 17.7 Å². The van der Waals surface area contributed by atoms with Crippen molar-refractivity contribution >= 4 is 38.1 Å². The molecule has 0 atom stereocenters. The molecule has 0 bridgehead atoms. The molecule has 0 aliphatic rings. The highest BCUT2D eigenvalue weighted by molar-refractivity contribution is 7.93. The number of aryl methyl sites for hydroxylation is 1. The third-order valence-corrected chi connectivity index (χ3v) is 6.99. The summed E-state index contributed by atoms with van der Waals surface area (Å²) in [5.41, 5.74) is 1.46. The number of ether oxygens (including phenoxy) is 1. The van der Waals surface area contributed by atoms with Crippen LogP contribution in [0.1, 0.15) is 11.1 Å². The summed E-state index contributed by atoms with van der Waals surface area (Å²) in [6.07, 6.45) is 1.44. The lowest BCUT2D eigenvalue weighted by Crippen LogP contribution is -2.31. The molecule has 0 aliphatic carbocycles. The van der Waals surface area contributed by atoms with Crippen molar-refractivity contribution in [2.75, 3.05) is 11.4 Å². The van der Waals surface area contributed by atoms with Crippen molar-refractivity contribution in [3.8, 4) is 5.75 Å². The van der Waals surface area contributed by atoms with Crippen molar-refractivity contribution in [1.29, 1.82) is 0 Å². The normalized spacial score (nSPS) is 11.5. The van der Waals surface area contributed by atoms with E-state index < -0.39 is 31.6 Å². The van der Waals surface area contributed by atoms with Gasteiger partial charge in [-0.2, -0.15) is 0 Å². The molecule has 0 aliphatic heterocycles. The van der Waals surface area contributed by atoms with Gasteiger partial charge in [-0.25, -0.2) is 26.5 Å². The summed E-state index contributed by atoms with van der Waals surface area (Å²) in [5.74, 6) is -1.64. The number of hydrogen-bond donors (Lipinski definition) is 0. The fourth-order valence-corrected chi connectivity index (χ4v) is 5.11. The van der Waals surface area contributed by atoms with Gasteiger partial charge in [0.05, 0.1) is 18.7 Å². The lowest BCUT2D eigenvalue weighted by molar-refractivity contribution is 0.414. The molecule has 10 heteroatoms. The van der Waals surface area contributed by atoms with Crippen LogP contribution in [0, 0.1) is 18.6 Å². The predicted molar refractivity (Wildman–Crippen MR) is 105 cm³/mol. The van der Waals surface area contributed by atoms with Crippen LogP contribution >= 0.6 is 22.9 Å². The molecule has 2 aromatic carbocycles. The number of rotatable bonds is 6. The summed E-state index contributed by atoms with van der Waals surface area (Å²) in [7, 11) is -2.87. The molecule has 3 aromatic rings. The molecule has 1 aromatic heterocycles. The fourth-order valence-electron chi connectivity index (χ4n) is 2.54. The van der Waals surface area contributed by atoms with Gasteiger partial charge in [0.25, 0.3) is 10.0 Å². The molecule has 0 saturated heterocycles. The molecule has 0 unspecified atom stereocenters. The molecule has 0 radical (unpaired) electrons. The number of thiazole rings is 1. The summed E-state index contributed by atoms with van der Waals surface area (Å²) in [5, 5.41) is 1.27. The lowest BCUT2D eigenvalue weighted by Gasteiger charge is -2.23. The van der Waals surface area contributed by atoms with Gasteiger partial charge in [0.1, 0.15) is 22.3 Å². The second-order valence-electron chi connectivity index (χ2n) is 5.82. The maximum absolute atomic E-state index is 14.3. The summed E-state index contributed by atoms with van der Waals surface area (Å²) < 4.78 is 60.3. The molecule has 148 valence electrons. The first-order valence-electron chi connectivity index (χ1n) is 7.94. The van der Waals surface area contributed by atoms with Crippen LogP contribution in [0.25, 0.3) is 0 Å². The van der Waals surface area contributed by atoms with Crippen LogP contribution in [0.4, 0.5) is 13.9 Å². The first-order valence-corrected chi connectivity index (χ1v) is 10.6. The number of hydrogen-bond acceptors (Lipinski definition) is 5. The van der Waals surface area contributed by atoms with Crippen LogP contribution < -0.4 is 9.04 Å². The average molecular weight is 445 g/mol. The van der Waals surface area contributed by atoms with Gasteiger partial charge in [0.2, 0.25) is 0 Å². The van der Waals surface area contributed by atoms with Gasteiger partial charge in [0, 0.05) is 17.6 Å². The number of nitrogens with zero attached hydrogens (tertiary/aromatic N) is 2. The highest BCUT2D eigenvalue weighted by Crippen LogP contribution is 2.32. The second-order valence-corrected chi connectivity index (χ2v) is 8.93. The van der Waals surface area contributed by atoms with Crippen LogP contribution in [0.3, 0.4) is 0 Å². The minimum Gasteiger partial charge on any atom is -0.497 e. The van der Waals surface area contributed by atoms with Gasteiger partial charge >= 0.3 is 0 Å². The quantitative estimate of drug-likeness (QED) is 0.513. The number of aromatic nitrogens is 1. The van der Waals surface area contributed by atoms with Gasteiger partial charge in [0.15, 0.2) is 5.13 Å². The molecule has 1 heterocycles. The molecule has 0 N–H and O–H groups in total. The molecule has 3 rings (SSSR count). The monoisotopic (exact) mass is 444 g/mol. The van der Waals surface area contributed by atoms with Gasteiger partial charge in [-0.05, 0) is 36.2 Å². The SMILES string of the molecule is COc1ccc(CN(c2nccs2)S(=O)(=O)c2cc(Cl)c(F)cc2F)c(C)c1. The van der Waals surface area contributed by atoms with Crippen molar-refractivity contribution in [2.24, 2.45) is 0 Å². The minimum absolute atomic E-state index is 0.0971. The van der Waals surface area contributed by atoms with E-state index in [2.05, 4.69) is 4.98 Å². The van der Waals surface area contributed by atoms with Crippen molar-refractivity contribution in [3.05, 3.63) is 69.7 Å². The van der Waals surface area contributed by atoms with Crippen LogP contribution in [0.2, 0.25) is 5.02 Å². The van der Waals surface area contributed by atoms with E-state index in [1.54, 1.807) is 30.5 Å². The molecule has 0 fully saturated rings. The van der Waals surface area contributed by atoms with E-state index in [0.29, 0.717) is 17.4 Å². The van der Waals surface area contributed by atoms with Crippen molar-refractivity contribution in [3.63, 3.8) is 0 Å². The molecule has 28 heavy (non-hydrogen) atoms. The minimum atomic E-state index is -4.40. The Hall–Kier alpha value is -2.23. The van der Waals surface area contributed by atoms with E-state index in [0.717, 1.165) is 27.3 Å². The van der Waals surface area contributed by atoms with Gasteiger partial charge in [-0.3, -0.25) is 0 Å². The Balaban J connectivity index is 2.10. The molecule has 5 nitrogen and oxygen atoms in total. The Bertz CT molecular complexity index is 1110. The van der Waals surface area contributed by atoms with Crippen molar-refractivity contribution in [1.82, 2.24) is 4.98 Å². The summed E-state index contributed by atoms with van der Waals surface area (Å²) >= 11 is 6.77. The standard InChI is InChI=1S/C18H15ClF2N2O3S2/c1-11-7-13(26-2)4-3-12(11)10-23(18-22-5-6-27-18)28(24,25)17-8-14(19)15(20)9-16(17)21/h3-9H,10H2,1-2H3. The molecule has 0 spiro atoms. The van der Waals surface area contributed by atoms with Crippen LogP contribution in [-0.2, 0) is 16.6 Å². The van der Waals surface area contributed by atoms with E-state index in [1.807, 2.05) is 0 Å². The zero-order chi connectivity index (χ0) is 20.5. The number of halogens is 3. The van der Waals surface area contributed by atoms with E-state index in [9.17, 15) is 17.2 Å². The fraction of sp³-hybridized carbons (Fsp3) is 0.167. The maximum atomic E-state index is 14.3. The van der Waals surface area contributed by atoms with Gasteiger partial charge in [-0.15, -0.1) is 11.3 Å². The molecule has 0 amide bonds. The summed E-state index contributed by atoms with van der Waals surface area (Å²) in [4.78, 5) is 3.33. The molecule has 0 saturated carbocycles. The average Bonchev–Trinajstić information content (AvgIpc) is 3.17. The van der Waals surface area contributed by atoms with Crippen LogP contribution in [0.15, 0.2) is 46.8 Å². The second kappa shape index (κ2) is 8.02. The maximum Gasteiger partial charge on any atom is 0.269 e.